The molecule has 0 radical (unpaired) electrons. The van der Waals surface area contributed by atoms with E-state index < -0.39 is 0 Å². The van der Waals surface area contributed by atoms with E-state index in [-0.39, 0.29) is 6.10 Å². The fourth-order valence-electron chi connectivity index (χ4n) is 2.29. The Morgan fingerprint density at radius 2 is 2.15 bits per heavy atom. The highest BCUT2D eigenvalue weighted by atomic mass is 79.9. The van der Waals surface area contributed by atoms with Crippen LogP contribution in [0.5, 0.6) is 5.75 Å². The zero-order valence-corrected chi connectivity index (χ0v) is 13.9. The Hall–Kier alpha value is -1.26. The predicted octanol–water partition coefficient (Wildman–Crippen LogP) is 5.30. The lowest BCUT2D eigenvalue weighted by Gasteiger charge is -2.11. The second kappa shape index (κ2) is 5.62. The number of fused-ring (bicyclic) bond motifs is 1. The summed E-state index contributed by atoms with van der Waals surface area (Å²) >= 11 is 5.28. The summed E-state index contributed by atoms with van der Waals surface area (Å²) < 4.78 is 9.29. The summed E-state index contributed by atoms with van der Waals surface area (Å²) in [5, 5.41) is 3.30. The van der Waals surface area contributed by atoms with Gasteiger partial charge in [0.25, 0.3) is 0 Å². The highest BCUT2D eigenvalue weighted by Gasteiger charge is 2.08. The molecule has 0 spiro atoms. The summed E-state index contributed by atoms with van der Waals surface area (Å²) in [6, 6.07) is 10.5. The number of hydrogen-bond donors (Lipinski definition) is 0. The Labute approximate surface area is 131 Å². The van der Waals surface area contributed by atoms with Gasteiger partial charge in [0.1, 0.15) is 5.75 Å². The molecule has 0 aliphatic rings. The average Bonchev–Trinajstić information content (AvgIpc) is 2.97. The molecule has 0 N–H and O–H groups in total. The molecule has 20 heavy (non-hydrogen) atoms. The quantitative estimate of drug-likeness (QED) is 0.623. The fraction of sp³-hybridized carbons (Fsp3) is 0.250. The highest BCUT2D eigenvalue weighted by molar-refractivity contribution is 9.10. The Morgan fingerprint density at radius 3 is 2.85 bits per heavy atom. The van der Waals surface area contributed by atoms with Crippen molar-refractivity contribution in [3.8, 4) is 5.75 Å². The maximum atomic E-state index is 5.88. The lowest BCUT2D eigenvalue weighted by Crippen LogP contribution is -2.05. The van der Waals surface area contributed by atoms with Crippen LogP contribution in [0.3, 0.4) is 0 Å². The van der Waals surface area contributed by atoms with Crippen molar-refractivity contribution in [1.29, 1.82) is 0 Å². The molecule has 0 bridgehead atoms. The summed E-state index contributed by atoms with van der Waals surface area (Å²) in [6.07, 6.45) is 2.32. The minimum absolute atomic E-state index is 0.192. The van der Waals surface area contributed by atoms with E-state index in [4.69, 9.17) is 4.74 Å². The van der Waals surface area contributed by atoms with E-state index in [1.54, 1.807) is 11.3 Å². The van der Waals surface area contributed by atoms with Crippen molar-refractivity contribution >= 4 is 38.2 Å². The van der Waals surface area contributed by atoms with Gasteiger partial charge < -0.3 is 9.30 Å². The van der Waals surface area contributed by atoms with Gasteiger partial charge in [0.15, 0.2) is 0 Å². The summed E-state index contributed by atoms with van der Waals surface area (Å²) in [6.45, 7) is 5.00. The van der Waals surface area contributed by atoms with Crippen LogP contribution >= 0.6 is 27.3 Å². The Bertz CT molecular complexity index is 729. The van der Waals surface area contributed by atoms with Crippen molar-refractivity contribution in [2.45, 2.75) is 26.5 Å². The first-order valence-electron chi connectivity index (χ1n) is 6.61. The molecule has 2 nitrogen and oxygen atoms in total. The minimum atomic E-state index is 0.192. The maximum Gasteiger partial charge on any atom is 0.129 e. The third-order valence-electron chi connectivity index (χ3n) is 3.08. The molecule has 0 atom stereocenters. The van der Waals surface area contributed by atoms with Crippen LogP contribution in [0, 0.1) is 0 Å². The lowest BCUT2D eigenvalue weighted by atomic mass is 10.2. The third kappa shape index (κ3) is 2.76. The van der Waals surface area contributed by atoms with Crippen molar-refractivity contribution in [3.05, 3.63) is 51.3 Å². The van der Waals surface area contributed by atoms with Gasteiger partial charge in [-0.1, -0.05) is 6.07 Å². The van der Waals surface area contributed by atoms with E-state index in [1.165, 1.54) is 15.8 Å². The van der Waals surface area contributed by atoms with Crippen LogP contribution in [0.15, 0.2) is 46.4 Å². The van der Waals surface area contributed by atoms with E-state index in [1.807, 2.05) is 6.07 Å². The number of ether oxygens (including phenoxy) is 1. The second-order valence-electron chi connectivity index (χ2n) is 5.03. The van der Waals surface area contributed by atoms with E-state index >= 15 is 0 Å². The summed E-state index contributed by atoms with van der Waals surface area (Å²) in [7, 11) is 0. The second-order valence-corrected chi connectivity index (χ2v) is 6.94. The molecule has 104 valence electrons. The topological polar surface area (TPSA) is 14.2 Å². The molecule has 1 aromatic carbocycles. The predicted molar refractivity (Wildman–Crippen MR) is 88.8 cm³/mol. The van der Waals surface area contributed by atoms with Crippen LogP contribution in [-0.2, 0) is 6.54 Å². The molecule has 0 aliphatic carbocycles. The van der Waals surface area contributed by atoms with Crippen molar-refractivity contribution in [2.24, 2.45) is 0 Å². The molecule has 0 fully saturated rings. The average molecular weight is 350 g/mol. The number of benzene rings is 1. The number of aromatic nitrogens is 1. The molecule has 0 amide bonds. The van der Waals surface area contributed by atoms with Crippen molar-refractivity contribution in [3.63, 3.8) is 0 Å². The molecule has 0 unspecified atom stereocenters. The summed E-state index contributed by atoms with van der Waals surface area (Å²) in [5.41, 5.74) is 1.22. The molecule has 3 aromatic rings. The van der Waals surface area contributed by atoms with Crippen LogP contribution < -0.4 is 4.74 Å². The standard InChI is InChI=1S/C16H16BrNOS/c1-11(2)19-16-5-3-4-15-14(16)6-7-18(15)9-13-8-12(17)10-20-13/h3-8,10-11H,9H2,1-2H3. The molecule has 2 aromatic heterocycles. The first-order chi connectivity index (χ1) is 9.63. The minimum Gasteiger partial charge on any atom is -0.490 e. The summed E-state index contributed by atoms with van der Waals surface area (Å²) in [4.78, 5) is 1.34. The van der Waals surface area contributed by atoms with Crippen molar-refractivity contribution < 1.29 is 4.74 Å². The van der Waals surface area contributed by atoms with Gasteiger partial charge in [0.2, 0.25) is 0 Å². The monoisotopic (exact) mass is 349 g/mol. The van der Waals surface area contributed by atoms with Crippen molar-refractivity contribution in [2.75, 3.05) is 0 Å². The summed E-state index contributed by atoms with van der Waals surface area (Å²) in [5.74, 6) is 0.962. The van der Waals surface area contributed by atoms with Gasteiger partial charge in [-0.15, -0.1) is 11.3 Å². The maximum absolute atomic E-state index is 5.88. The lowest BCUT2D eigenvalue weighted by molar-refractivity contribution is 0.245. The van der Waals surface area contributed by atoms with E-state index in [0.29, 0.717) is 0 Å². The van der Waals surface area contributed by atoms with E-state index in [0.717, 1.165) is 16.8 Å². The normalized spacial score (nSPS) is 11.4. The van der Waals surface area contributed by atoms with Gasteiger partial charge in [-0.2, -0.15) is 0 Å². The number of rotatable bonds is 4. The Kier molecular flexibility index (Phi) is 3.85. The number of halogens is 1. The van der Waals surface area contributed by atoms with Crippen LogP contribution in [0.1, 0.15) is 18.7 Å². The van der Waals surface area contributed by atoms with Gasteiger partial charge >= 0.3 is 0 Å². The van der Waals surface area contributed by atoms with Crippen LogP contribution in [0.25, 0.3) is 10.9 Å². The Morgan fingerprint density at radius 1 is 1.30 bits per heavy atom. The van der Waals surface area contributed by atoms with Crippen LogP contribution in [0.2, 0.25) is 0 Å². The number of nitrogens with zero attached hydrogens (tertiary/aromatic N) is 1. The van der Waals surface area contributed by atoms with Gasteiger partial charge in [-0.3, -0.25) is 0 Å². The zero-order chi connectivity index (χ0) is 14.1. The van der Waals surface area contributed by atoms with Gasteiger partial charge in [-0.25, -0.2) is 0 Å². The fourth-order valence-corrected chi connectivity index (χ4v) is 3.74. The van der Waals surface area contributed by atoms with Gasteiger partial charge in [0, 0.05) is 26.3 Å². The van der Waals surface area contributed by atoms with Gasteiger partial charge in [-0.05, 0) is 54.0 Å². The molecular formula is C16H16BrNOS. The first kappa shape index (κ1) is 13.7. The molecule has 3 rings (SSSR count). The largest absolute Gasteiger partial charge is 0.490 e. The molecule has 0 saturated heterocycles. The number of hydrogen-bond acceptors (Lipinski definition) is 2. The third-order valence-corrected chi connectivity index (χ3v) is 4.77. The van der Waals surface area contributed by atoms with E-state index in [9.17, 15) is 0 Å². The number of thiophene rings is 1. The van der Waals surface area contributed by atoms with Crippen molar-refractivity contribution in [1.82, 2.24) is 4.57 Å². The smallest absolute Gasteiger partial charge is 0.129 e. The van der Waals surface area contributed by atoms with E-state index in [2.05, 4.69) is 70.2 Å². The molecule has 2 heterocycles. The first-order valence-corrected chi connectivity index (χ1v) is 8.28. The molecular weight excluding hydrogens is 334 g/mol. The highest BCUT2D eigenvalue weighted by Crippen LogP contribution is 2.29. The van der Waals surface area contributed by atoms with Gasteiger partial charge in [0.05, 0.1) is 18.2 Å². The molecule has 0 saturated carbocycles. The Balaban J connectivity index is 1.97. The van der Waals surface area contributed by atoms with Crippen LogP contribution in [0.4, 0.5) is 0 Å². The molecule has 4 heteroatoms. The zero-order valence-electron chi connectivity index (χ0n) is 11.5. The van der Waals surface area contributed by atoms with Crippen LogP contribution in [-0.4, -0.2) is 10.7 Å². The molecule has 0 aliphatic heterocycles. The SMILES string of the molecule is CC(C)Oc1cccc2c1ccn2Cc1cc(Br)cs1.